The largest absolute Gasteiger partial charge is 0.353 e. The van der Waals surface area contributed by atoms with Crippen molar-refractivity contribution in [2.45, 2.75) is 6.92 Å². The highest BCUT2D eigenvalue weighted by atomic mass is 16.1. The maximum absolute atomic E-state index is 11.6. The van der Waals surface area contributed by atoms with E-state index in [9.17, 15) is 4.79 Å². The van der Waals surface area contributed by atoms with Gasteiger partial charge in [0.05, 0.1) is 16.6 Å². The van der Waals surface area contributed by atoms with Gasteiger partial charge in [0, 0.05) is 5.69 Å². The lowest BCUT2D eigenvalue weighted by Crippen LogP contribution is -2.08. The van der Waals surface area contributed by atoms with Crippen molar-refractivity contribution in [2.24, 2.45) is 0 Å². The maximum Gasteiger partial charge on any atom is 0.273 e. The molecule has 2 heterocycles. The Kier molecular flexibility index (Phi) is 2.08. The molecule has 0 amide bonds. The van der Waals surface area contributed by atoms with E-state index in [2.05, 4.69) is 15.2 Å². The number of hydrogen-bond acceptors (Lipinski definition) is 2. The summed E-state index contributed by atoms with van der Waals surface area (Å²) in [6.07, 6.45) is 0. The quantitative estimate of drug-likeness (QED) is 0.667. The fourth-order valence-corrected chi connectivity index (χ4v) is 1.94. The topological polar surface area (TPSA) is 61.5 Å². The average molecular weight is 225 g/mol. The molecule has 0 aliphatic rings. The van der Waals surface area contributed by atoms with Crippen LogP contribution < -0.4 is 5.56 Å². The SMILES string of the molecule is Cc1n[nH]c(=O)c2cc(-c3ccccc3)[nH]c12. The summed E-state index contributed by atoms with van der Waals surface area (Å²) in [5, 5.41) is 7.08. The van der Waals surface area contributed by atoms with E-state index in [0.717, 1.165) is 22.5 Å². The van der Waals surface area contributed by atoms with E-state index in [0.29, 0.717) is 5.39 Å². The van der Waals surface area contributed by atoms with Crippen LogP contribution in [-0.2, 0) is 0 Å². The molecule has 4 nitrogen and oxygen atoms in total. The van der Waals surface area contributed by atoms with Crippen LogP contribution in [0.25, 0.3) is 22.2 Å². The van der Waals surface area contributed by atoms with Gasteiger partial charge in [-0.2, -0.15) is 5.10 Å². The third kappa shape index (κ3) is 1.54. The van der Waals surface area contributed by atoms with Gasteiger partial charge in [0.1, 0.15) is 0 Å². The number of H-pyrrole nitrogens is 2. The second-order valence-electron chi connectivity index (χ2n) is 3.98. The summed E-state index contributed by atoms with van der Waals surface area (Å²) in [7, 11) is 0. The van der Waals surface area contributed by atoms with Gasteiger partial charge < -0.3 is 4.98 Å². The lowest BCUT2D eigenvalue weighted by Gasteiger charge is -1.95. The van der Waals surface area contributed by atoms with Gasteiger partial charge >= 0.3 is 0 Å². The lowest BCUT2D eigenvalue weighted by atomic mass is 10.1. The van der Waals surface area contributed by atoms with Crippen molar-refractivity contribution in [2.75, 3.05) is 0 Å². The van der Waals surface area contributed by atoms with Gasteiger partial charge in [0.25, 0.3) is 5.56 Å². The summed E-state index contributed by atoms with van der Waals surface area (Å²) >= 11 is 0. The van der Waals surface area contributed by atoms with Crippen LogP contribution in [0.1, 0.15) is 5.69 Å². The molecule has 2 aromatic heterocycles. The number of aromatic amines is 2. The molecule has 0 fully saturated rings. The number of nitrogens with zero attached hydrogens (tertiary/aromatic N) is 1. The van der Waals surface area contributed by atoms with Crippen LogP contribution in [0, 0.1) is 6.92 Å². The number of rotatable bonds is 1. The molecule has 17 heavy (non-hydrogen) atoms. The van der Waals surface area contributed by atoms with Gasteiger partial charge in [-0.3, -0.25) is 4.79 Å². The standard InChI is InChI=1S/C13H11N3O/c1-8-12-10(13(17)16-15-8)7-11(14-12)9-5-3-2-4-6-9/h2-7,14H,1H3,(H,16,17). The molecule has 0 saturated carbocycles. The summed E-state index contributed by atoms with van der Waals surface area (Å²) in [5.74, 6) is 0. The van der Waals surface area contributed by atoms with Gasteiger partial charge in [-0.15, -0.1) is 0 Å². The third-order valence-electron chi connectivity index (χ3n) is 2.83. The number of benzene rings is 1. The van der Waals surface area contributed by atoms with Crippen molar-refractivity contribution in [3.63, 3.8) is 0 Å². The molecule has 2 N–H and O–H groups in total. The predicted octanol–water partition coefficient (Wildman–Crippen LogP) is 2.23. The van der Waals surface area contributed by atoms with Gasteiger partial charge in [-0.05, 0) is 18.6 Å². The molecular weight excluding hydrogens is 214 g/mol. The Balaban J connectivity index is 2.31. The molecule has 3 aromatic rings. The molecule has 0 aliphatic carbocycles. The Hall–Kier alpha value is -2.36. The Morgan fingerprint density at radius 3 is 2.65 bits per heavy atom. The summed E-state index contributed by atoms with van der Waals surface area (Å²) in [5.41, 5.74) is 3.42. The Morgan fingerprint density at radius 1 is 1.18 bits per heavy atom. The fraction of sp³-hybridized carbons (Fsp3) is 0.0769. The molecule has 4 heteroatoms. The van der Waals surface area contributed by atoms with Crippen molar-refractivity contribution >= 4 is 10.9 Å². The fourth-order valence-electron chi connectivity index (χ4n) is 1.94. The Bertz CT molecular complexity index is 725. The minimum Gasteiger partial charge on any atom is -0.353 e. The van der Waals surface area contributed by atoms with E-state index in [-0.39, 0.29) is 5.56 Å². The molecule has 3 rings (SSSR count). The summed E-state index contributed by atoms with van der Waals surface area (Å²) < 4.78 is 0. The third-order valence-corrected chi connectivity index (χ3v) is 2.83. The first-order valence-corrected chi connectivity index (χ1v) is 5.39. The van der Waals surface area contributed by atoms with Gasteiger partial charge in [-0.1, -0.05) is 30.3 Å². The minimum atomic E-state index is -0.163. The first-order chi connectivity index (χ1) is 8.25. The second-order valence-corrected chi connectivity index (χ2v) is 3.98. The van der Waals surface area contributed by atoms with Gasteiger partial charge in [0.2, 0.25) is 0 Å². The molecule has 0 unspecified atom stereocenters. The average Bonchev–Trinajstić information content (AvgIpc) is 2.81. The molecule has 0 saturated heterocycles. The van der Waals surface area contributed by atoms with Crippen LogP contribution >= 0.6 is 0 Å². The van der Waals surface area contributed by atoms with Crippen molar-refractivity contribution < 1.29 is 0 Å². The highest BCUT2D eigenvalue weighted by molar-refractivity contribution is 5.86. The van der Waals surface area contributed by atoms with E-state index in [4.69, 9.17) is 0 Å². The number of aromatic nitrogens is 3. The first-order valence-electron chi connectivity index (χ1n) is 5.39. The predicted molar refractivity (Wildman–Crippen MR) is 66.9 cm³/mol. The number of fused-ring (bicyclic) bond motifs is 1. The molecular formula is C13H11N3O. The van der Waals surface area contributed by atoms with Crippen LogP contribution in [0.5, 0.6) is 0 Å². The van der Waals surface area contributed by atoms with Gasteiger partial charge in [-0.25, -0.2) is 5.10 Å². The van der Waals surface area contributed by atoms with Crippen LogP contribution in [-0.4, -0.2) is 15.2 Å². The zero-order valence-corrected chi connectivity index (χ0v) is 9.32. The van der Waals surface area contributed by atoms with E-state index in [1.807, 2.05) is 43.3 Å². The summed E-state index contributed by atoms with van der Waals surface area (Å²) in [4.78, 5) is 14.9. The van der Waals surface area contributed by atoms with E-state index in [1.165, 1.54) is 0 Å². The Morgan fingerprint density at radius 2 is 1.94 bits per heavy atom. The van der Waals surface area contributed by atoms with Crippen molar-refractivity contribution in [3.05, 3.63) is 52.4 Å². The van der Waals surface area contributed by atoms with Crippen molar-refractivity contribution in [3.8, 4) is 11.3 Å². The summed E-state index contributed by atoms with van der Waals surface area (Å²) in [6.45, 7) is 1.86. The molecule has 0 bridgehead atoms. The molecule has 0 aliphatic heterocycles. The number of nitrogens with one attached hydrogen (secondary N) is 2. The maximum atomic E-state index is 11.6. The van der Waals surface area contributed by atoms with Crippen LogP contribution in [0.2, 0.25) is 0 Å². The molecule has 1 aromatic carbocycles. The van der Waals surface area contributed by atoms with Gasteiger partial charge in [0.15, 0.2) is 0 Å². The monoisotopic (exact) mass is 225 g/mol. The molecule has 0 radical (unpaired) electrons. The highest BCUT2D eigenvalue weighted by Gasteiger charge is 2.08. The number of hydrogen-bond donors (Lipinski definition) is 2. The van der Waals surface area contributed by atoms with Crippen LogP contribution in [0.4, 0.5) is 0 Å². The normalized spacial score (nSPS) is 10.9. The lowest BCUT2D eigenvalue weighted by molar-refractivity contribution is 0.967. The van der Waals surface area contributed by atoms with Crippen LogP contribution in [0.15, 0.2) is 41.2 Å². The zero-order chi connectivity index (χ0) is 11.8. The zero-order valence-electron chi connectivity index (χ0n) is 9.32. The second kappa shape index (κ2) is 3.59. The highest BCUT2D eigenvalue weighted by Crippen LogP contribution is 2.22. The Labute approximate surface area is 97.3 Å². The smallest absolute Gasteiger partial charge is 0.273 e. The molecule has 0 spiro atoms. The van der Waals surface area contributed by atoms with Crippen LogP contribution in [0.3, 0.4) is 0 Å². The van der Waals surface area contributed by atoms with Crippen molar-refractivity contribution in [1.82, 2.24) is 15.2 Å². The van der Waals surface area contributed by atoms with E-state index >= 15 is 0 Å². The molecule has 0 atom stereocenters. The van der Waals surface area contributed by atoms with E-state index < -0.39 is 0 Å². The molecule has 84 valence electrons. The van der Waals surface area contributed by atoms with E-state index in [1.54, 1.807) is 0 Å². The summed E-state index contributed by atoms with van der Waals surface area (Å²) in [6, 6.07) is 11.8. The first kappa shape index (κ1) is 9.84. The number of aryl methyl sites for hydroxylation is 1. The minimum absolute atomic E-state index is 0.163. The van der Waals surface area contributed by atoms with Crippen molar-refractivity contribution in [1.29, 1.82) is 0 Å².